The number of fused-ring (bicyclic) bond motifs is 1. The molecule has 0 aliphatic carbocycles. The van der Waals surface area contributed by atoms with Gasteiger partial charge in [-0.15, -0.1) is 0 Å². The average molecular weight is 504 g/mol. The van der Waals surface area contributed by atoms with Crippen LogP contribution in [0.25, 0.3) is 28.4 Å². The van der Waals surface area contributed by atoms with Gasteiger partial charge >= 0.3 is 5.97 Å². The molecule has 0 spiro atoms. The fourth-order valence-corrected chi connectivity index (χ4v) is 4.27. The average Bonchev–Trinajstić information content (AvgIpc) is 3.39. The lowest BCUT2D eigenvalue weighted by Gasteiger charge is -2.07. The molecule has 0 aliphatic heterocycles. The summed E-state index contributed by atoms with van der Waals surface area (Å²) < 4.78 is 0. The number of aromatic nitrogens is 3. The van der Waals surface area contributed by atoms with Gasteiger partial charge < -0.3 is 20.7 Å². The molecule has 2 heterocycles. The van der Waals surface area contributed by atoms with E-state index in [1.165, 1.54) is 11.1 Å². The molecule has 0 fully saturated rings. The lowest BCUT2D eigenvalue weighted by atomic mass is 10.1. The number of H-pyrrole nitrogens is 1. The Morgan fingerprint density at radius 1 is 0.868 bits per heavy atom. The Morgan fingerprint density at radius 3 is 2.29 bits per heavy atom. The van der Waals surface area contributed by atoms with E-state index < -0.39 is 5.97 Å². The van der Waals surface area contributed by atoms with Gasteiger partial charge in [0.25, 0.3) is 0 Å². The van der Waals surface area contributed by atoms with Gasteiger partial charge in [-0.25, -0.2) is 14.8 Å². The molecule has 0 saturated heterocycles. The molecule has 7 heteroatoms. The summed E-state index contributed by atoms with van der Waals surface area (Å²) in [5.41, 5.74) is 7.39. The molecule has 0 amide bonds. The first-order chi connectivity index (χ1) is 18.6. The summed E-state index contributed by atoms with van der Waals surface area (Å²) in [6.45, 7) is 2.27. The summed E-state index contributed by atoms with van der Waals surface area (Å²) in [6.07, 6.45) is 5.24. The quantitative estimate of drug-likeness (QED) is 0.173. The Kier molecular flexibility index (Phi) is 7.86. The number of hydrogen-bond acceptors (Lipinski definition) is 5. The molecule has 2 aromatic heterocycles. The SMILES string of the molecule is O=C(O)C=Cc1ccc(CNCc2ccc(-c3cc4c(NCCc5ccccc5)ncnc4[nH]3)cc2)cc1. The number of carboxylic acids is 1. The molecule has 0 atom stereocenters. The number of benzene rings is 3. The number of anilines is 1. The summed E-state index contributed by atoms with van der Waals surface area (Å²) in [5, 5.41) is 16.6. The number of hydrogen-bond donors (Lipinski definition) is 4. The summed E-state index contributed by atoms with van der Waals surface area (Å²) in [7, 11) is 0. The van der Waals surface area contributed by atoms with Crippen LogP contribution in [0.5, 0.6) is 0 Å². The highest BCUT2D eigenvalue weighted by atomic mass is 16.4. The zero-order valence-electron chi connectivity index (χ0n) is 20.9. The van der Waals surface area contributed by atoms with Crippen LogP contribution in [0.2, 0.25) is 0 Å². The number of carboxylic acid groups (broad SMARTS) is 1. The van der Waals surface area contributed by atoms with Crippen molar-refractivity contribution in [2.45, 2.75) is 19.5 Å². The van der Waals surface area contributed by atoms with E-state index in [-0.39, 0.29) is 0 Å². The molecule has 3 aromatic carbocycles. The van der Waals surface area contributed by atoms with Gasteiger partial charge in [0.1, 0.15) is 17.8 Å². The van der Waals surface area contributed by atoms with Crippen LogP contribution < -0.4 is 10.6 Å². The van der Waals surface area contributed by atoms with Crippen LogP contribution >= 0.6 is 0 Å². The second-order valence-electron chi connectivity index (χ2n) is 9.04. The molecule has 4 N–H and O–H groups in total. The summed E-state index contributed by atoms with van der Waals surface area (Å²) in [6, 6.07) is 28.8. The van der Waals surface area contributed by atoms with E-state index in [1.807, 2.05) is 30.3 Å². The molecule has 38 heavy (non-hydrogen) atoms. The molecular weight excluding hydrogens is 474 g/mol. The normalized spacial score (nSPS) is 11.3. The van der Waals surface area contributed by atoms with E-state index >= 15 is 0 Å². The number of aromatic amines is 1. The minimum absolute atomic E-state index is 0.728. The molecule has 190 valence electrons. The van der Waals surface area contributed by atoms with Crippen LogP contribution in [0.3, 0.4) is 0 Å². The van der Waals surface area contributed by atoms with Crippen molar-refractivity contribution in [3.8, 4) is 11.3 Å². The molecule has 7 nitrogen and oxygen atoms in total. The second-order valence-corrected chi connectivity index (χ2v) is 9.04. The van der Waals surface area contributed by atoms with Crippen molar-refractivity contribution in [2.24, 2.45) is 0 Å². The predicted octanol–water partition coefficient (Wildman–Crippen LogP) is 5.67. The Balaban J connectivity index is 1.17. The largest absolute Gasteiger partial charge is 0.478 e. The smallest absolute Gasteiger partial charge is 0.328 e. The van der Waals surface area contributed by atoms with Gasteiger partial charge in [-0.2, -0.15) is 0 Å². The van der Waals surface area contributed by atoms with Crippen molar-refractivity contribution in [3.05, 3.63) is 120 Å². The molecule has 5 aromatic rings. The maximum Gasteiger partial charge on any atom is 0.328 e. The molecule has 0 radical (unpaired) electrons. The lowest BCUT2D eigenvalue weighted by molar-refractivity contribution is -0.131. The minimum atomic E-state index is -0.948. The number of carbonyl (C=O) groups is 1. The first-order valence-corrected chi connectivity index (χ1v) is 12.6. The van der Waals surface area contributed by atoms with Gasteiger partial charge in [0.05, 0.1) is 5.39 Å². The zero-order valence-corrected chi connectivity index (χ0v) is 20.9. The first-order valence-electron chi connectivity index (χ1n) is 12.6. The molecule has 0 unspecified atom stereocenters. The summed E-state index contributed by atoms with van der Waals surface area (Å²) >= 11 is 0. The lowest BCUT2D eigenvalue weighted by Crippen LogP contribution is -2.12. The third-order valence-electron chi connectivity index (χ3n) is 6.30. The Labute approximate surface area is 221 Å². The maximum absolute atomic E-state index is 10.6. The third-order valence-corrected chi connectivity index (χ3v) is 6.30. The van der Waals surface area contributed by atoms with E-state index in [2.05, 4.69) is 80.2 Å². The third kappa shape index (κ3) is 6.52. The van der Waals surface area contributed by atoms with E-state index in [4.69, 9.17) is 5.11 Å². The summed E-state index contributed by atoms with van der Waals surface area (Å²) in [4.78, 5) is 22.9. The van der Waals surface area contributed by atoms with Gasteiger partial charge in [-0.3, -0.25) is 0 Å². The Hall–Kier alpha value is -4.75. The van der Waals surface area contributed by atoms with Crippen LogP contribution in [0.15, 0.2) is 97.3 Å². The fraction of sp³-hybridized carbons (Fsp3) is 0.129. The number of rotatable bonds is 11. The zero-order chi connectivity index (χ0) is 26.2. The standard InChI is InChI=1S/C31H29N5O2/c37-29(38)15-12-23-6-8-24(9-7-23)19-32-20-25-10-13-26(14-11-25)28-18-27-30(34-21-35-31(27)36-28)33-17-16-22-4-2-1-3-5-22/h1-15,18,21,32H,16-17,19-20H2,(H,37,38)(H2,33,34,35,36). The summed E-state index contributed by atoms with van der Waals surface area (Å²) in [5.74, 6) is -0.114. The highest BCUT2D eigenvalue weighted by Crippen LogP contribution is 2.27. The molecule has 0 aliphatic rings. The van der Waals surface area contributed by atoms with Crippen LogP contribution in [0.1, 0.15) is 22.3 Å². The van der Waals surface area contributed by atoms with Crippen LogP contribution in [0.4, 0.5) is 5.82 Å². The van der Waals surface area contributed by atoms with Crippen molar-refractivity contribution in [1.29, 1.82) is 0 Å². The van der Waals surface area contributed by atoms with Crippen LogP contribution in [-0.2, 0) is 24.3 Å². The van der Waals surface area contributed by atoms with Gasteiger partial charge in [0.2, 0.25) is 0 Å². The van der Waals surface area contributed by atoms with Gasteiger partial charge in [-0.1, -0.05) is 78.9 Å². The van der Waals surface area contributed by atoms with Gasteiger partial charge in [-0.05, 0) is 46.4 Å². The van der Waals surface area contributed by atoms with E-state index in [0.29, 0.717) is 0 Å². The van der Waals surface area contributed by atoms with Crippen molar-refractivity contribution in [2.75, 3.05) is 11.9 Å². The molecule has 5 rings (SSSR count). The Bertz CT molecular complexity index is 1520. The highest BCUT2D eigenvalue weighted by molar-refractivity contribution is 5.91. The van der Waals surface area contributed by atoms with E-state index in [1.54, 1.807) is 12.4 Å². The van der Waals surface area contributed by atoms with Crippen molar-refractivity contribution in [3.63, 3.8) is 0 Å². The maximum atomic E-state index is 10.6. The number of aliphatic carboxylic acids is 1. The van der Waals surface area contributed by atoms with Crippen LogP contribution in [-0.4, -0.2) is 32.6 Å². The van der Waals surface area contributed by atoms with E-state index in [9.17, 15) is 4.79 Å². The monoisotopic (exact) mass is 503 g/mol. The van der Waals surface area contributed by atoms with Crippen molar-refractivity contribution in [1.82, 2.24) is 20.3 Å². The first kappa shape index (κ1) is 24.9. The molecule has 0 saturated carbocycles. The predicted molar refractivity (Wildman–Crippen MR) is 152 cm³/mol. The second kappa shape index (κ2) is 12.0. The molecule has 0 bridgehead atoms. The van der Waals surface area contributed by atoms with Crippen LogP contribution in [0, 0.1) is 0 Å². The highest BCUT2D eigenvalue weighted by Gasteiger charge is 2.09. The molecular formula is C31H29N5O2. The Morgan fingerprint density at radius 2 is 1.58 bits per heavy atom. The fourth-order valence-electron chi connectivity index (χ4n) is 4.27. The number of nitrogens with zero attached hydrogens (tertiary/aromatic N) is 2. The van der Waals surface area contributed by atoms with Crippen molar-refractivity contribution < 1.29 is 9.90 Å². The minimum Gasteiger partial charge on any atom is -0.478 e. The topological polar surface area (TPSA) is 103 Å². The van der Waals surface area contributed by atoms with Crippen molar-refractivity contribution >= 4 is 28.9 Å². The van der Waals surface area contributed by atoms with Gasteiger partial charge in [0.15, 0.2) is 0 Å². The van der Waals surface area contributed by atoms with Gasteiger partial charge in [0, 0.05) is 31.4 Å². The van der Waals surface area contributed by atoms with E-state index in [0.717, 1.165) is 71.4 Å². The number of nitrogens with one attached hydrogen (secondary N) is 3.